The Kier molecular flexibility index (Phi) is 9.10. The first-order chi connectivity index (χ1) is 29.3. The monoisotopic (exact) mass is 785 g/mol. The average Bonchev–Trinajstić information content (AvgIpc) is 3.62. The number of hydrogen-bond donors (Lipinski definition) is 0. The van der Waals surface area contributed by atoms with Crippen LogP contribution in [0.25, 0.3) is 95.3 Å². The Labute approximate surface area is 344 Å². The van der Waals surface area contributed by atoms with E-state index in [9.17, 15) is 0 Å². The Morgan fingerprint density at radius 1 is 0.400 bits per heavy atom. The van der Waals surface area contributed by atoms with E-state index in [0.717, 1.165) is 49.6 Å². The predicted molar refractivity (Wildman–Crippen MR) is 234 cm³/mol. The van der Waals surface area contributed by atoms with E-state index >= 15 is 13.2 Å². The van der Waals surface area contributed by atoms with Crippen LogP contribution in [0.3, 0.4) is 0 Å². The molecule has 0 fully saturated rings. The SMILES string of the molecule is Cc1ccc2c3ccccc3n(-c3c(-c4cc(-c5ccccc5)nc(-c5ccccc5)n4)cc(C(F)(F)F)cc3-c3cc(-c4ccccc4)nc(-c4ccccc4)n3)c2c1. The highest BCUT2D eigenvalue weighted by molar-refractivity contribution is 6.10. The third-order valence-corrected chi connectivity index (χ3v) is 10.7. The van der Waals surface area contributed by atoms with Gasteiger partial charge in [-0.25, -0.2) is 19.9 Å². The summed E-state index contributed by atoms with van der Waals surface area (Å²) in [6, 6.07) is 58.4. The summed E-state index contributed by atoms with van der Waals surface area (Å²) in [6.07, 6.45) is -4.73. The lowest BCUT2D eigenvalue weighted by molar-refractivity contribution is -0.137. The van der Waals surface area contributed by atoms with Crippen LogP contribution >= 0.6 is 0 Å². The van der Waals surface area contributed by atoms with Crippen LogP contribution < -0.4 is 0 Å². The maximum absolute atomic E-state index is 15.5. The van der Waals surface area contributed by atoms with E-state index in [-0.39, 0.29) is 11.1 Å². The van der Waals surface area contributed by atoms with E-state index < -0.39 is 11.7 Å². The van der Waals surface area contributed by atoms with Gasteiger partial charge in [0.15, 0.2) is 11.6 Å². The van der Waals surface area contributed by atoms with E-state index in [2.05, 4.69) is 22.8 Å². The van der Waals surface area contributed by atoms with Gasteiger partial charge in [-0.1, -0.05) is 152 Å². The molecule has 0 aliphatic carbocycles. The van der Waals surface area contributed by atoms with Crippen molar-refractivity contribution in [2.45, 2.75) is 13.1 Å². The van der Waals surface area contributed by atoms with Crippen molar-refractivity contribution in [1.29, 1.82) is 0 Å². The van der Waals surface area contributed by atoms with Crippen LogP contribution in [-0.2, 0) is 6.18 Å². The summed E-state index contributed by atoms with van der Waals surface area (Å²) in [4.78, 5) is 20.2. The van der Waals surface area contributed by atoms with E-state index in [1.165, 1.54) is 12.1 Å². The second-order valence-corrected chi connectivity index (χ2v) is 14.7. The summed E-state index contributed by atoms with van der Waals surface area (Å²) >= 11 is 0. The quantitative estimate of drug-likeness (QED) is 0.161. The molecule has 0 unspecified atom stereocenters. The zero-order valence-electron chi connectivity index (χ0n) is 32.3. The molecule has 0 N–H and O–H groups in total. The van der Waals surface area contributed by atoms with Crippen molar-refractivity contribution in [1.82, 2.24) is 24.5 Å². The normalized spacial score (nSPS) is 11.7. The van der Waals surface area contributed by atoms with Gasteiger partial charge in [-0.05, 0) is 48.9 Å². The van der Waals surface area contributed by atoms with Crippen LogP contribution in [0.2, 0.25) is 0 Å². The number of halogens is 3. The molecule has 10 aromatic rings. The summed E-state index contributed by atoms with van der Waals surface area (Å²) in [7, 11) is 0. The Morgan fingerprint density at radius 2 is 0.817 bits per heavy atom. The summed E-state index contributed by atoms with van der Waals surface area (Å²) in [6.45, 7) is 2.02. The summed E-state index contributed by atoms with van der Waals surface area (Å²) in [5, 5.41) is 1.92. The summed E-state index contributed by atoms with van der Waals surface area (Å²) in [5.74, 6) is 0.768. The Hall–Kier alpha value is -7.71. The molecular weight excluding hydrogens is 752 g/mol. The van der Waals surface area contributed by atoms with Gasteiger partial charge >= 0.3 is 6.18 Å². The lowest BCUT2D eigenvalue weighted by Gasteiger charge is -2.22. The van der Waals surface area contributed by atoms with Crippen LogP contribution in [0.5, 0.6) is 0 Å². The number of para-hydroxylation sites is 1. The highest BCUT2D eigenvalue weighted by Gasteiger charge is 2.34. The highest BCUT2D eigenvalue weighted by Crippen LogP contribution is 2.45. The van der Waals surface area contributed by atoms with Crippen LogP contribution in [0, 0.1) is 6.92 Å². The number of nitrogens with zero attached hydrogens (tertiary/aromatic N) is 5. The third kappa shape index (κ3) is 6.78. The molecule has 8 heteroatoms. The molecule has 3 aromatic heterocycles. The van der Waals surface area contributed by atoms with Crippen molar-refractivity contribution in [2.24, 2.45) is 0 Å². The Bertz CT molecular complexity index is 2920. The van der Waals surface area contributed by atoms with Crippen molar-refractivity contribution in [2.75, 3.05) is 0 Å². The van der Waals surface area contributed by atoms with Crippen LogP contribution in [0.1, 0.15) is 11.1 Å². The smallest absolute Gasteiger partial charge is 0.308 e. The summed E-state index contributed by atoms with van der Waals surface area (Å²) in [5.41, 5.74) is 7.70. The van der Waals surface area contributed by atoms with Gasteiger partial charge < -0.3 is 4.57 Å². The molecule has 5 nitrogen and oxygen atoms in total. The maximum Gasteiger partial charge on any atom is 0.416 e. The van der Waals surface area contributed by atoms with Crippen LogP contribution in [0.15, 0.2) is 188 Å². The first-order valence-electron chi connectivity index (χ1n) is 19.5. The average molecular weight is 786 g/mol. The van der Waals surface area contributed by atoms with Crippen molar-refractivity contribution in [3.05, 3.63) is 199 Å². The van der Waals surface area contributed by atoms with Gasteiger partial charge in [0.2, 0.25) is 0 Å². The van der Waals surface area contributed by atoms with Gasteiger partial charge in [-0.2, -0.15) is 13.2 Å². The lowest BCUT2D eigenvalue weighted by Crippen LogP contribution is -2.10. The number of benzene rings is 7. The summed E-state index contributed by atoms with van der Waals surface area (Å²) < 4.78 is 48.6. The van der Waals surface area contributed by atoms with Gasteiger partial charge in [0, 0.05) is 44.2 Å². The van der Waals surface area contributed by atoms with Gasteiger partial charge in [-0.15, -0.1) is 0 Å². The molecule has 0 aliphatic heterocycles. The van der Waals surface area contributed by atoms with Gasteiger partial charge in [0.1, 0.15) is 0 Å². The maximum atomic E-state index is 15.5. The van der Waals surface area contributed by atoms with Gasteiger partial charge in [0.25, 0.3) is 0 Å². The number of aryl methyl sites for hydroxylation is 1. The lowest BCUT2D eigenvalue weighted by atomic mass is 9.95. The van der Waals surface area contributed by atoms with Crippen LogP contribution in [0.4, 0.5) is 13.2 Å². The molecule has 0 spiro atoms. The molecule has 0 radical (unpaired) electrons. The second kappa shape index (κ2) is 14.9. The first kappa shape index (κ1) is 36.6. The molecule has 0 aliphatic rings. The van der Waals surface area contributed by atoms with Crippen LogP contribution in [-0.4, -0.2) is 24.5 Å². The molecule has 3 heterocycles. The zero-order chi connectivity index (χ0) is 40.8. The zero-order valence-corrected chi connectivity index (χ0v) is 32.3. The van der Waals surface area contributed by atoms with Crippen molar-refractivity contribution < 1.29 is 13.2 Å². The predicted octanol–water partition coefficient (Wildman–Crippen LogP) is 13.7. The molecular formula is C52H34F3N5. The number of aromatic nitrogens is 5. The van der Waals surface area contributed by atoms with E-state index in [0.29, 0.717) is 40.1 Å². The highest BCUT2D eigenvalue weighted by atomic mass is 19.4. The van der Waals surface area contributed by atoms with Crippen molar-refractivity contribution in [3.63, 3.8) is 0 Å². The molecule has 7 aromatic carbocycles. The second-order valence-electron chi connectivity index (χ2n) is 14.7. The van der Waals surface area contributed by atoms with E-state index in [4.69, 9.17) is 19.9 Å². The minimum absolute atomic E-state index is 0.266. The standard InChI is InChI=1S/C52H34F3N5/c1-33-26-27-40-39-24-14-15-25-47(39)60(48(40)28-33)49-41(45-31-43(34-16-6-2-7-17-34)56-50(58-45)36-20-10-4-11-21-36)29-38(52(53,54)55)30-42(49)46-32-44(35-18-8-3-9-19-35)57-51(59-46)37-22-12-5-13-23-37/h2-32H,1H3. The molecule has 10 rings (SSSR count). The fraction of sp³-hybridized carbons (Fsp3) is 0.0385. The topological polar surface area (TPSA) is 56.5 Å². The number of rotatable bonds is 7. The van der Waals surface area contributed by atoms with Crippen molar-refractivity contribution >= 4 is 21.8 Å². The molecule has 60 heavy (non-hydrogen) atoms. The largest absolute Gasteiger partial charge is 0.416 e. The Balaban J connectivity index is 1.39. The minimum atomic E-state index is -4.73. The fourth-order valence-electron chi connectivity index (χ4n) is 7.87. The molecule has 0 bridgehead atoms. The molecule has 0 atom stereocenters. The fourth-order valence-corrected chi connectivity index (χ4v) is 7.87. The number of hydrogen-bond acceptors (Lipinski definition) is 4. The third-order valence-electron chi connectivity index (χ3n) is 10.7. The molecule has 0 saturated heterocycles. The molecule has 288 valence electrons. The van der Waals surface area contributed by atoms with Gasteiger partial charge in [0.05, 0.1) is 45.1 Å². The van der Waals surface area contributed by atoms with E-state index in [1.807, 2.05) is 153 Å². The number of alkyl halides is 3. The Morgan fingerprint density at radius 3 is 1.30 bits per heavy atom. The molecule has 0 amide bonds. The number of fused-ring (bicyclic) bond motifs is 3. The minimum Gasteiger partial charge on any atom is -0.308 e. The van der Waals surface area contributed by atoms with Gasteiger partial charge in [-0.3, -0.25) is 0 Å². The van der Waals surface area contributed by atoms with E-state index in [1.54, 1.807) is 12.1 Å². The first-order valence-corrected chi connectivity index (χ1v) is 19.5. The molecule has 0 saturated carbocycles. The van der Waals surface area contributed by atoms with Crippen molar-refractivity contribution in [3.8, 4) is 73.5 Å².